The van der Waals surface area contributed by atoms with Gasteiger partial charge in [-0.3, -0.25) is 4.79 Å². The van der Waals surface area contributed by atoms with Gasteiger partial charge >= 0.3 is 0 Å². The molecular weight excluding hydrogens is 360 g/mol. The quantitative estimate of drug-likeness (QED) is 0.656. The van der Waals surface area contributed by atoms with E-state index < -0.39 is 0 Å². The predicted molar refractivity (Wildman–Crippen MR) is 102 cm³/mol. The van der Waals surface area contributed by atoms with E-state index in [2.05, 4.69) is 11.9 Å². The maximum absolute atomic E-state index is 12.4. The van der Waals surface area contributed by atoms with Gasteiger partial charge < -0.3 is 19.7 Å². The maximum Gasteiger partial charge on any atom is 0.279 e. The summed E-state index contributed by atoms with van der Waals surface area (Å²) in [6, 6.07) is 9.13. The zero-order chi connectivity index (χ0) is 18.2. The highest BCUT2D eigenvalue weighted by Crippen LogP contribution is 2.28. The molecule has 1 atom stereocenters. The van der Waals surface area contributed by atoms with Crippen molar-refractivity contribution in [3.63, 3.8) is 0 Å². The van der Waals surface area contributed by atoms with Gasteiger partial charge in [-0.25, -0.2) is 0 Å². The molecule has 2 N–H and O–H groups in total. The number of methoxy groups -OCH3 is 2. The van der Waals surface area contributed by atoms with E-state index in [1.807, 2.05) is 18.2 Å². The zero-order valence-corrected chi connectivity index (χ0v) is 15.9. The van der Waals surface area contributed by atoms with Crippen LogP contribution in [0.2, 0.25) is 4.34 Å². The van der Waals surface area contributed by atoms with E-state index in [1.165, 1.54) is 11.3 Å². The van der Waals surface area contributed by atoms with Gasteiger partial charge in [0.2, 0.25) is 0 Å². The number of hydrogen-bond acceptors (Lipinski definition) is 4. The van der Waals surface area contributed by atoms with Crippen LogP contribution < -0.4 is 19.7 Å². The van der Waals surface area contributed by atoms with Crippen LogP contribution in [-0.2, 0) is 11.3 Å². The molecule has 0 saturated heterocycles. The summed E-state index contributed by atoms with van der Waals surface area (Å²) in [7, 11) is 3.14. The Morgan fingerprint density at radius 2 is 2.12 bits per heavy atom. The minimum Gasteiger partial charge on any atom is -0.497 e. The SMILES string of the molecule is C=CC[NH+](CC(=O)Nc1ccc(OC)cc1OC)Cc1ccc(Cl)s1. The standard InChI is InChI=1S/C18H21ClN2O3S/c1-4-9-21(11-14-6-8-17(19)25-14)12-18(22)20-15-7-5-13(23-2)10-16(15)24-3/h4-8,10H,1,9,11-12H2,2-3H3,(H,20,22)/p+1. The largest absolute Gasteiger partial charge is 0.497 e. The molecule has 1 amide bonds. The van der Waals surface area contributed by atoms with E-state index in [4.69, 9.17) is 21.1 Å². The average Bonchev–Trinajstić information content (AvgIpc) is 3.00. The summed E-state index contributed by atoms with van der Waals surface area (Å²) < 4.78 is 11.2. The number of rotatable bonds is 9. The summed E-state index contributed by atoms with van der Waals surface area (Å²) in [6.07, 6.45) is 1.81. The molecule has 2 aromatic rings. The number of benzene rings is 1. The lowest BCUT2D eigenvalue weighted by atomic mass is 10.2. The van der Waals surface area contributed by atoms with Crippen molar-refractivity contribution in [2.75, 3.05) is 32.6 Å². The Kier molecular flexibility index (Phi) is 7.31. The van der Waals surface area contributed by atoms with Crippen LogP contribution >= 0.6 is 22.9 Å². The van der Waals surface area contributed by atoms with Crippen molar-refractivity contribution < 1.29 is 19.2 Å². The van der Waals surface area contributed by atoms with Crippen LogP contribution in [0, 0.1) is 0 Å². The van der Waals surface area contributed by atoms with Gasteiger partial charge in [0.15, 0.2) is 6.54 Å². The molecule has 0 radical (unpaired) electrons. The Labute approximate surface area is 156 Å². The van der Waals surface area contributed by atoms with Crippen LogP contribution in [0.25, 0.3) is 0 Å². The van der Waals surface area contributed by atoms with Crippen molar-refractivity contribution in [2.24, 2.45) is 0 Å². The van der Waals surface area contributed by atoms with Gasteiger partial charge in [-0.05, 0) is 30.3 Å². The van der Waals surface area contributed by atoms with Crippen molar-refractivity contribution in [1.29, 1.82) is 0 Å². The fourth-order valence-corrected chi connectivity index (χ4v) is 3.59. The second-order valence-electron chi connectivity index (χ2n) is 5.42. The monoisotopic (exact) mass is 381 g/mol. The topological polar surface area (TPSA) is 52.0 Å². The molecule has 25 heavy (non-hydrogen) atoms. The minimum absolute atomic E-state index is 0.0945. The second-order valence-corrected chi connectivity index (χ2v) is 7.22. The van der Waals surface area contributed by atoms with E-state index in [0.29, 0.717) is 30.3 Å². The third-order valence-corrected chi connectivity index (χ3v) is 4.81. The van der Waals surface area contributed by atoms with E-state index in [1.54, 1.807) is 32.4 Å². The number of anilines is 1. The van der Waals surface area contributed by atoms with Gasteiger partial charge in [-0.1, -0.05) is 18.2 Å². The molecule has 0 bridgehead atoms. The highest BCUT2D eigenvalue weighted by Gasteiger charge is 2.16. The first kappa shape index (κ1) is 19.3. The molecule has 0 fully saturated rings. The van der Waals surface area contributed by atoms with Crippen LogP contribution in [0.1, 0.15) is 4.88 Å². The summed E-state index contributed by atoms with van der Waals surface area (Å²) in [5, 5.41) is 2.90. The van der Waals surface area contributed by atoms with E-state index in [0.717, 1.165) is 20.7 Å². The number of ether oxygens (including phenoxy) is 2. The van der Waals surface area contributed by atoms with E-state index in [-0.39, 0.29) is 5.91 Å². The molecule has 0 spiro atoms. The van der Waals surface area contributed by atoms with Crippen LogP contribution in [0.15, 0.2) is 43.0 Å². The zero-order valence-electron chi connectivity index (χ0n) is 14.3. The van der Waals surface area contributed by atoms with Crippen LogP contribution in [0.4, 0.5) is 5.69 Å². The van der Waals surface area contributed by atoms with Crippen LogP contribution in [-0.4, -0.2) is 33.2 Å². The van der Waals surface area contributed by atoms with Crippen molar-refractivity contribution in [3.8, 4) is 11.5 Å². The molecule has 0 saturated carbocycles. The lowest BCUT2D eigenvalue weighted by molar-refractivity contribution is -0.899. The van der Waals surface area contributed by atoms with Crippen molar-refractivity contribution in [3.05, 3.63) is 52.2 Å². The Morgan fingerprint density at radius 1 is 1.32 bits per heavy atom. The molecule has 1 aromatic heterocycles. The van der Waals surface area contributed by atoms with Crippen LogP contribution in [0.5, 0.6) is 11.5 Å². The number of carbonyl (C=O) groups excluding carboxylic acids is 1. The first-order chi connectivity index (χ1) is 12.0. The molecular formula is C18H22ClN2O3S+. The van der Waals surface area contributed by atoms with Crippen molar-refractivity contribution >= 4 is 34.5 Å². The lowest BCUT2D eigenvalue weighted by Crippen LogP contribution is -3.11. The first-order valence-corrected chi connectivity index (χ1v) is 8.95. The highest BCUT2D eigenvalue weighted by molar-refractivity contribution is 7.16. The molecule has 1 heterocycles. The Morgan fingerprint density at radius 3 is 2.72 bits per heavy atom. The molecule has 7 heteroatoms. The average molecular weight is 382 g/mol. The number of hydrogen-bond donors (Lipinski definition) is 2. The van der Waals surface area contributed by atoms with Gasteiger partial charge in [0.1, 0.15) is 18.0 Å². The molecule has 134 valence electrons. The first-order valence-electron chi connectivity index (χ1n) is 7.76. The summed E-state index contributed by atoms with van der Waals surface area (Å²) >= 11 is 7.51. The Hall–Kier alpha value is -2.02. The fraction of sp³-hybridized carbons (Fsp3) is 0.278. The predicted octanol–water partition coefficient (Wildman–Crippen LogP) is 2.63. The van der Waals surface area contributed by atoms with Crippen molar-refractivity contribution in [1.82, 2.24) is 0 Å². The Balaban J connectivity index is 2.02. The summed E-state index contributed by atoms with van der Waals surface area (Å²) in [6.45, 7) is 5.49. The fourth-order valence-electron chi connectivity index (χ4n) is 2.43. The number of thiophene rings is 1. The van der Waals surface area contributed by atoms with Gasteiger partial charge in [-0.15, -0.1) is 11.3 Å². The number of halogens is 1. The van der Waals surface area contributed by atoms with Gasteiger partial charge in [0.25, 0.3) is 5.91 Å². The lowest BCUT2D eigenvalue weighted by Gasteiger charge is -2.17. The molecule has 1 aromatic carbocycles. The molecule has 0 aliphatic carbocycles. The summed E-state index contributed by atoms with van der Waals surface area (Å²) in [5.74, 6) is 1.13. The molecule has 1 unspecified atom stereocenters. The van der Waals surface area contributed by atoms with E-state index in [9.17, 15) is 4.79 Å². The molecule has 0 aliphatic rings. The van der Waals surface area contributed by atoms with E-state index >= 15 is 0 Å². The number of quaternary nitrogens is 1. The summed E-state index contributed by atoms with van der Waals surface area (Å²) in [4.78, 5) is 14.7. The maximum atomic E-state index is 12.4. The number of amides is 1. The molecule has 0 aliphatic heterocycles. The third-order valence-electron chi connectivity index (χ3n) is 3.58. The Bertz CT molecular complexity index is 733. The summed E-state index contributed by atoms with van der Waals surface area (Å²) in [5.41, 5.74) is 0.616. The normalized spacial score (nSPS) is 11.6. The van der Waals surface area contributed by atoms with Crippen LogP contribution in [0.3, 0.4) is 0 Å². The van der Waals surface area contributed by atoms with Crippen molar-refractivity contribution in [2.45, 2.75) is 6.54 Å². The molecule has 2 rings (SSSR count). The molecule has 5 nitrogen and oxygen atoms in total. The highest BCUT2D eigenvalue weighted by atomic mass is 35.5. The van der Waals surface area contributed by atoms with Gasteiger partial charge in [0.05, 0.1) is 35.7 Å². The third kappa shape index (κ3) is 5.77. The minimum atomic E-state index is -0.0945. The second kappa shape index (κ2) is 9.46. The van der Waals surface area contributed by atoms with Gasteiger partial charge in [0, 0.05) is 6.07 Å². The number of nitrogens with one attached hydrogen (secondary N) is 2. The smallest absolute Gasteiger partial charge is 0.279 e. The van der Waals surface area contributed by atoms with Gasteiger partial charge in [-0.2, -0.15) is 0 Å². The number of carbonyl (C=O) groups is 1.